The molecule has 1 heterocycles. The SMILES string of the molecule is COC(C)CCC(N)Cc1c(Cl)c(C)nn1C. The molecule has 0 aliphatic carbocycles. The molecular formula is C12H22ClN3O. The van der Waals surface area contributed by atoms with Gasteiger partial charge in [-0.25, -0.2) is 0 Å². The number of aromatic nitrogens is 2. The normalized spacial score (nSPS) is 14.9. The molecule has 4 nitrogen and oxygen atoms in total. The molecule has 0 bridgehead atoms. The lowest BCUT2D eigenvalue weighted by atomic mass is 10.0. The lowest BCUT2D eigenvalue weighted by molar-refractivity contribution is 0.107. The predicted octanol–water partition coefficient (Wildman–Crippen LogP) is 2.07. The average molecular weight is 260 g/mol. The highest BCUT2D eigenvalue weighted by atomic mass is 35.5. The van der Waals surface area contributed by atoms with Gasteiger partial charge in [-0.05, 0) is 26.7 Å². The third-order valence-electron chi connectivity index (χ3n) is 3.06. The maximum Gasteiger partial charge on any atom is 0.0847 e. The molecule has 0 saturated carbocycles. The first-order valence-corrected chi connectivity index (χ1v) is 6.29. The van der Waals surface area contributed by atoms with Crippen molar-refractivity contribution in [1.29, 1.82) is 0 Å². The van der Waals surface area contributed by atoms with Gasteiger partial charge in [0.2, 0.25) is 0 Å². The Hall–Kier alpha value is -0.580. The minimum atomic E-state index is 0.0971. The van der Waals surface area contributed by atoms with Gasteiger partial charge in [0.05, 0.1) is 22.5 Å². The molecule has 2 unspecified atom stereocenters. The summed E-state index contributed by atoms with van der Waals surface area (Å²) in [5.41, 5.74) is 7.98. The van der Waals surface area contributed by atoms with Crippen LogP contribution in [0.15, 0.2) is 0 Å². The Morgan fingerprint density at radius 2 is 2.12 bits per heavy atom. The number of halogens is 1. The Bertz CT molecular complexity index is 365. The quantitative estimate of drug-likeness (QED) is 0.851. The summed E-state index contributed by atoms with van der Waals surface area (Å²) in [5.74, 6) is 0. The monoisotopic (exact) mass is 259 g/mol. The summed E-state index contributed by atoms with van der Waals surface area (Å²) in [6, 6.07) is 0.0971. The highest BCUT2D eigenvalue weighted by Gasteiger charge is 2.15. The van der Waals surface area contributed by atoms with Crippen molar-refractivity contribution in [3.63, 3.8) is 0 Å². The second kappa shape index (κ2) is 6.38. The predicted molar refractivity (Wildman–Crippen MR) is 70.3 cm³/mol. The van der Waals surface area contributed by atoms with E-state index < -0.39 is 0 Å². The van der Waals surface area contributed by atoms with E-state index in [1.807, 2.05) is 25.6 Å². The zero-order chi connectivity index (χ0) is 13.0. The van der Waals surface area contributed by atoms with Crippen molar-refractivity contribution in [1.82, 2.24) is 9.78 Å². The van der Waals surface area contributed by atoms with Gasteiger partial charge in [0.15, 0.2) is 0 Å². The van der Waals surface area contributed by atoms with Crippen LogP contribution in [0, 0.1) is 6.92 Å². The van der Waals surface area contributed by atoms with Crippen molar-refractivity contribution in [3.8, 4) is 0 Å². The molecular weight excluding hydrogens is 238 g/mol. The first-order valence-electron chi connectivity index (χ1n) is 5.92. The van der Waals surface area contributed by atoms with Gasteiger partial charge in [-0.2, -0.15) is 5.10 Å². The molecule has 0 amide bonds. The molecule has 0 saturated heterocycles. The molecule has 0 aromatic carbocycles. The summed E-state index contributed by atoms with van der Waals surface area (Å²) in [5, 5.41) is 5.02. The Kier molecular flexibility index (Phi) is 5.43. The summed E-state index contributed by atoms with van der Waals surface area (Å²) >= 11 is 6.18. The van der Waals surface area contributed by atoms with Gasteiger partial charge in [-0.15, -0.1) is 0 Å². The van der Waals surface area contributed by atoms with Crippen LogP contribution in [-0.2, 0) is 18.2 Å². The molecule has 1 aromatic heterocycles. The maximum atomic E-state index is 6.18. The molecule has 2 atom stereocenters. The van der Waals surface area contributed by atoms with E-state index in [4.69, 9.17) is 22.1 Å². The van der Waals surface area contributed by atoms with E-state index in [1.165, 1.54) is 0 Å². The van der Waals surface area contributed by atoms with Crippen molar-refractivity contribution in [2.45, 2.75) is 45.3 Å². The van der Waals surface area contributed by atoms with Crippen LogP contribution >= 0.6 is 11.6 Å². The number of hydrogen-bond donors (Lipinski definition) is 1. The smallest absolute Gasteiger partial charge is 0.0847 e. The van der Waals surface area contributed by atoms with Gasteiger partial charge in [-0.1, -0.05) is 11.6 Å². The van der Waals surface area contributed by atoms with Crippen LogP contribution < -0.4 is 5.73 Å². The third kappa shape index (κ3) is 3.98. The van der Waals surface area contributed by atoms with E-state index in [1.54, 1.807) is 7.11 Å². The fourth-order valence-corrected chi connectivity index (χ4v) is 2.06. The molecule has 0 aliphatic heterocycles. The van der Waals surface area contributed by atoms with Gasteiger partial charge in [0.25, 0.3) is 0 Å². The number of nitrogens with zero attached hydrogens (tertiary/aromatic N) is 2. The Morgan fingerprint density at radius 1 is 1.47 bits per heavy atom. The Labute approximate surface area is 108 Å². The standard InChI is InChI=1S/C12H22ClN3O/c1-8(17-4)5-6-10(14)7-11-12(13)9(2)15-16(11)3/h8,10H,5-7,14H2,1-4H3. The van der Waals surface area contributed by atoms with Crippen LogP contribution in [0.5, 0.6) is 0 Å². The Balaban J connectivity index is 2.53. The average Bonchev–Trinajstić information content (AvgIpc) is 2.53. The van der Waals surface area contributed by atoms with Crippen LogP contribution in [0.1, 0.15) is 31.2 Å². The zero-order valence-electron chi connectivity index (χ0n) is 11.0. The zero-order valence-corrected chi connectivity index (χ0v) is 11.8. The molecule has 0 radical (unpaired) electrons. The summed E-state index contributed by atoms with van der Waals surface area (Å²) < 4.78 is 7.02. The van der Waals surface area contributed by atoms with Gasteiger partial charge in [0, 0.05) is 26.6 Å². The highest BCUT2D eigenvalue weighted by molar-refractivity contribution is 6.31. The second-order valence-electron chi connectivity index (χ2n) is 4.56. The number of methoxy groups -OCH3 is 1. The minimum Gasteiger partial charge on any atom is -0.382 e. The maximum absolute atomic E-state index is 6.18. The summed E-state index contributed by atoms with van der Waals surface area (Å²) in [6.45, 7) is 3.96. The second-order valence-corrected chi connectivity index (χ2v) is 4.94. The van der Waals surface area contributed by atoms with E-state index in [9.17, 15) is 0 Å². The van der Waals surface area contributed by atoms with Crippen LogP contribution in [0.25, 0.3) is 0 Å². The van der Waals surface area contributed by atoms with Crippen molar-refractivity contribution in [2.75, 3.05) is 7.11 Å². The van der Waals surface area contributed by atoms with Crippen molar-refractivity contribution in [2.24, 2.45) is 12.8 Å². The first kappa shape index (κ1) is 14.5. The third-order valence-corrected chi connectivity index (χ3v) is 3.56. The van der Waals surface area contributed by atoms with E-state index in [2.05, 4.69) is 5.10 Å². The molecule has 0 spiro atoms. The van der Waals surface area contributed by atoms with Crippen LogP contribution in [0.4, 0.5) is 0 Å². The number of aryl methyl sites for hydroxylation is 2. The lowest BCUT2D eigenvalue weighted by Crippen LogP contribution is -2.25. The summed E-state index contributed by atoms with van der Waals surface area (Å²) in [4.78, 5) is 0. The number of rotatable bonds is 6. The van der Waals surface area contributed by atoms with E-state index in [0.717, 1.165) is 35.7 Å². The molecule has 17 heavy (non-hydrogen) atoms. The van der Waals surface area contributed by atoms with E-state index in [-0.39, 0.29) is 12.1 Å². The van der Waals surface area contributed by atoms with Crippen molar-refractivity contribution >= 4 is 11.6 Å². The molecule has 2 N–H and O–H groups in total. The van der Waals surface area contributed by atoms with Crippen molar-refractivity contribution < 1.29 is 4.74 Å². The number of ether oxygens (including phenoxy) is 1. The van der Waals surface area contributed by atoms with Gasteiger partial charge >= 0.3 is 0 Å². The fraction of sp³-hybridized carbons (Fsp3) is 0.750. The first-order chi connectivity index (χ1) is 7.95. The van der Waals surface area contributed by atoms with Gasteiger partial charge < -0.3 is 10.5 Å². The molecule has 1 rings (SSSR count). The van der Waals surface area contributed by atoms with Crippen molar-refractivity contribution in [3.05, 3.63) is 16.4 Å². The molecule has 0 aliphatic rings. The van der Waals surface area contributed by atoms with Crippen LogP contribution in [0.3, 0.4) is 0 Å². The van der Waals surface area contributed by atoms with Crippen LogP contribution in [0.2, 0.25) is 5.02 Å². The van der Waals surface area contributed by atoms with E-state index in [0.29, 0.717) is 0 Å². The molecule has 98 valence electrons. The molecule has 1 aromatic rings. The van der Waals surface area contributed by atoms with Gasteiger partial charge in [-0.3, -0.25) is 4.68 Å². The molecule has 0 fully saturated rings. The topological polar surface area (TPSA) is 53.1 Å². The summed E-state index contributed by atoms with van der Waals surface area (Å²) in [6.07, 6.45) is 2.90. The highest BCUT2D eigenvalue weighted by Crippen LogP contribution is 2.21. The number of nitrogens with two attached hydrogens (primary N) is 1. The minimum absolute atomic E-state index is 0.0971. The number of hydrogen-bond acceptors (Lipinski definition) is 3. The van der Waals surface area contributed by atoms with E-state index >= 15 is 0 Å². The van der Waals surface area contributed by atoms with Crippen LogP contribution in [-0.4, -0.2) is 29.0 Å². The summed E-state index contributed by atoms with van der Waals surface area (Å²) in [7, 11) is 3.62. The molecule has 5 heteroatoms. The van der Waals surface area contributed by atoms with Gasteiger partial charge in [0.1, 0.15) is 0 Å². The lowest BCUT2D eigenvalue weighted by Gasteiger charge is -2.15. The largest absolute Gasteiger partial charge is 0.382 e. The fourth-order valence-electron chi connectivity index (χ4n) is 1.82. The Morgan fingerprint density at radius 3 is 2.59 bits per heavy atom.